The van der Waals surface area contributed by atoms with Crippen molar-refractivity contribution in [1.29, 1.82) is 0 Å². The van der Waals surface area contributed by atoms with Crippen LogP contribution in [0.3, 0.4) is 0 Å². The Labute approximate surface area is 217 Å². The molecule has 186 valence electrons. The fourth-order valence-electron chi connectivity index (χ4n) is 4.05. The van der Waals surface area contributed by atoms with E-state index >= 15 is 0 Å². The van der Waals surface area contributed by atoms with Gasteiger partial charge in [-0.15, -0.1) is 21.5 Å². The maximum atomic E-state index is 12.8. The van der Waals surface area contributed by atoms with Crippen LogP contribution in [0.15, 0.2) is 29.4 Å². The van der Waals surface area contributed by atoms with Crippen LogP contribution in [0, 0.1) is 0 Å². The molecule has 1 aliphatic carbocycles. The molecule has 1 unspecified atom stereocenters. The Kier molecular flexibility index (Phi) is 8.35. The van der Waals surface area contributed by atoms with Gasteiger partial charge in [0, 0.05) is 11.4 Å². The van der Waals surface area contributed by atoms with Crippen molar-refractivity contribution in [3.8, 4) is 5.75 Å². The van der Waals surface area contributed by atoms with Crippen molar-refractivity contribution in [3.05, 3.63) is 51.1 Å². The molecule has 35 heavy (non-hydrogen) atoms. The second kappa shape index (κ2) is 11.5. The lowest BCUT2D eigenvalue weighted by Gasteiger charge is -2.16. The van der Waals surface area contributed by atoms with Crippen molar-refractivity contribution >= 4 is 51.6 Å². The highest BCUT2D eigenvalue weighted by Crippen LogP contribution is 2.38. The highest BCUT2D eigenvalue weighted by molar-refractivity contribution is 7.99. The number of nitrogens with zero attached hydrogens (tertiary/aromatic N) is 3. The molecule has 2 heterocycles. The number of methoxy groups -OCH3 is 1. The molecule has 1 aromatic carbocycles. The van der Waals surface area contributed by atoms with Gasteiger partial charge in [-0.3, -0.25) is 4.79 Å². The van der Waals surface area contributed by atoms with Crippen LogP contribution in [0.5, 0.6) is 5.75 Å². The number of nitrogens with one attached hydrogen (secondary N) is 1. The molecule has 0 bridgehead atoms. The van der Waals surface area contributed by atoms with Gasteiger partial charge in [0.15, 0.2) is 17.1 Å². The third-order valence-corrected chi connectivity index (χ3v) is 8.20. The number of hydrogen-bond donors (Lipinski definition) is 1. The minimum atomic E-state index is -0.407. The lowest BCUT2D eigenvalue weighted by Crippen LogP contribution is -2.17. The van der Waals surface area contributed by atoms with Gasteiger partial charge >= 0.3 is 5.97 Å². The number of para-hydroxylation sites is 1. The van der Waals surface area contributed by atoms with E-state index in [0.717, 1.165) is 36.1 Å². The van der Waals surface area contributed by atoms with E-state index in [0.29, 0.717) is 38.9 Å². The molecule has 11 heteroatoms. The fourth-order valence-corrected chi connectivity index (χ4v) is 6.34. The van der Waals surface area contributed by atoms with E-state index in [-0.39, 0.29) is 17.8 Å². The van der Waals surface area contributed by atoms with E-state index < -0.39 is 5.97 Å². The summed E-state index contributed by atoms with van der Waals surface area (Å²) in [6.07, 6.45) is 3.49. The minimum absolute atomic E-state index is 0.126. The first kappa shape index (κ1) is 25.5. The Hall–Kier alpha value is -2.56. The number of carbonyl (C=O) groups excluding carboxylic acids is 2. The summed E-state index contributed by atoms with van der Waals surface area (Å²) in [5, 5.41) is 13.2. The van der Waals surface area contributed by atoms with Crippen LogP contribution in [0.2, 0.25) is 5.02 Å². The van der Waals surface area contributed by atoms with Gasteiger partial charge in [-0.05, 0) is 57.2 Å². The molecule has 0 saturated carbocycles. The highest BCUT2D eigenvalue weighted by atomic mass is 35.5. The zero-order valence-electron chi connectivity index (χ0n) is 19.8. The molecule has 0 fully saturated rings. The average molecular weight is 535 g/mol. The smallest absolute Gasteiger partial charge is 0.341 e. The normalized spacial score (nSPS) is 13.7. The Morgan fingerprint density at radius 1 is 1.26 bits per heavy atom. The first-order chi connectivity index (χ1) is 16.9. The van der Waals surface area contributed by atoms with Crippen LogP contribution in [-0.2, 0) is 28.9 Å². The fraction of sp³-hybridized carbons (Fsp3) is 0.417. The van der Waals surface area contributed by atoms with E-state index in [2.05, 4.69) is 15.5 Å². The average Bonchev–Trinajstić information content (AvgIpc) is 3.44. The summed E-state index contributed by atoms with van der Waals surface area (Å²) in [5.41, 5.74) is 1.51. The van der Waals surface area contributed by atoms with E-state index in [1.54, 1.807) is 12.1 Å². The Morgan fingerprint density at radius 3 is 2.77 bits per heavy atom. The topological polar surface area (TPSA) is 95.3 Å². The molecule has 3 aromatic rings. The molecular formula is C24H27ClN4O4S2. The van der Waals surface area contributed by atoms with Gasteiger partial charge in [-0.1, -0.05) is 35.5 Å². The number of aryl methyl sites for hydroxylation is 1. The maximum Gasteiger partial charge on any atom is 0.341 e. The third-order valence-electron chi connectivity index (χ3n) is 5.71. The van der Waals surface area contributed by atoms with Crippen LogP contribution in [0.25, 0.3) is 0 Å². The third kappa shape index (κ3) is 5.65. The van der Waals surface area contributed by atoms with Crippen molar-refractivity contribution in [2.75, 3.05) is 18.2 Å². The van der Waals surface area contributed by atoms with E-state index in [1.165, 1.54) is 30.2 Å². The number of amides is 1. The quantitative estimate of drug-likeness (QED) is 0.284. The summed E-state index contributed by atoms with van der Waals surface area (Å²) in [7, 11) is 1.36. The number of carbonyl (C=O) groups is 2. The summed E-state index contributed by atoms with van der Waals surface area (Å²) in [6, 6.07) is 7.27. The van der Waals surface area contributed by atoms with Crippen molar-refractivity contribution < 1.29 is 19.1 Å². The van der Waals surface area contributed by atoms with E-state index in [1.807, 2.05) is 30.5 Å². The predicted molar refractivity (Wildman–Crippen MR) is 138 cm³/mol. The Balaban J connectivity index is 1.44. The van der Waals surface area contributed by atoms with E-state index in [9.17, 15) is 9.59 Å². The Bertz CT molecular complexity index is 1230. The van der Waals surface area contributed by atoms with Gasteiger partial charge in [0.2, 0.25) is 5.91 Å². The van der Waals surface area contributed by atoms with Crippen LogP contribution in [0.4, 0.5) is 5.00 Å². The van der Waals surface area contributed by atoms with Gasteiger partial charge in [0.25, 0.3) is 0 Å². The minimum Gasteiger partial charge on any atom is -0.481 e. The molecule has 0 saturated heterocycles. The summed E-state index contributed by atoms with van der Waals surface area (Å²) in [5.74, 6) is 0.720. The molecule has 1 N–H and O–H groups in total. The molecule has 1 aliphatic rings. The summed E-state index contributed by atoms with van der Waals surface area (Å²) in [6.45, 7) is 4.48. The molecule has 1 amide bonds. The molecule has 8 nitrogen and oxygen atoms in total. The number of fused-ring (bicyclic) bond motifs is 1. The summed E-state index contributed by atoms with van der Waals surface area (Å²) < 4.78 is 12.9. The number of rotatable bonds is 9. The maximum absolute atomic E-state index is 12.8. The first-order valence-electron chi connectivity index (χ1n) is 11.4. The van der Waals surface area contributed by atoms with Crippen molar-refractivity contribution in [2.45, 2.75) is 57.3 Å². The number of hydrogen-bond acceptors (Lipinski definition) is 8. The molecule has 0 spiro atoms. The molecule has 2 aromatic heterocycles. The van der Waals surface area contributed by atoms with Crippen molar-refractivity contribution in [1.82, 2.24) is 14.8 Å². The zero-order valence-corrected chi connectivity index (χ0v) is 22.2. The van der Waals surface area contributed by atoms with Crippen LogP contribution >= 0.6 is 34.7 Å². The predicted octanol–water partition coefficient (Wildman–Crippen LogP) is 5.55. The number of ether oxygens (including phenoxy) is 2. The largest absolute Gasteiger partial charge is 0.481 e. The number of benzene rings is 1. The number of thioether (sulfide) groups is 1. The van der Waals surface area contributed by atoms with E-state index in [4.69, 9.17) is 21.1 Å². The SMILES string of the molecule is CCn1c(SCC(=O)Nc2sc3c(c2C(=O)OC)CCCC3)nnc1C(C)Oc1ccccc1Cl. The standard InChI is InChI=1S/C24H27ClN4O4S2/c1-4-29-21(14(2)33-17-11-7-6-10-16(17)25)27-28-24(29)34-13-19(30)26-22-20(23(31)32-3)15-9-5-8-12-18(15)35-22/h6-7,10-11,14H,4-5,8-9,12-13H2,1-3H3,(H,26,30). The van der Waals surface area contributed by atoms with Gasteiger partial charge in [0.05, 0.1) is 23.4 Å². The molecule has 1 atom stereocenters. The van der Waals surface area contributed by atoms with Crippen LogP contribution < -0.4 is 10.1 Å². The number of anilines is 1. The second-order valence-electron chi connectivity index (χ2n) is 8.02. The molecule has 4 rings (SSSR count). The Morgan fingerprint density at radius 2 is 2.03 bits per heavy atom. The summed E-state index contributed by atoms with van der Waals surface area (Å²) in [4.78, 5) is 26.4. The number of aromatic nitrogens is 3. The summed E-state index contributed by atoms with van der Waals surface area (Å²) >= 11 is 8.97. The van der Waals surface area contributed by atoms with Crippen molar-refractivity contribution in [2.24, 2.45) is 0 Å². The van der Waals surface area contributed by atoms with Crippen LogP contribution in [0.1, 0.15) is 59.4 Å². The lowest BCUT2D eigenvalue weighted by molar-refractivity contribution is -0.113. The number of thiophene rings is 1. The van der Waals surface area contributed by atoms with Gasteiger partial charge in [-0.2, -0.15) is 0 Å². The number of halogens is 1. The zero-order chi connectivity index (χ0) is 24.9. The monoisotopic (exact) mass is 534 g/mol. The highest BCUT2D eigenvalue weighted by Gasteiger charge is 2.27. The molecular weight excluding hydrogens is 508 g/mol. The van der Waals surface area contributed by atoms with Gasteiger partial charge in [-0.25, -0.2) is 4.79 Å². The number of esters is 1. The first-order valence-corrected chi connectivity index (χ1v) is 13.6. The molecule has 0 radical (unpaired) electrons. The second-order valence-corrected chi connectivity index (χ2v) is 10.5. The van der Waals surface area contributed by atoms with Crippen LogP contribution in [-0.4, -0.2) is 39.5 Å². The van der Waals surface area contributed by atoms with Crippen molar-refractivity contribution in [3.63, 3.8) is 0 Å². The van der Waals surface area contributed by atoms with Gasteiger partial charge < -0.3 is 19.4 Å². The lowest BCUT2D eigenvalue weighted by atomic mass is 9.95. The van der Waals surface area contributed by atoms with Gasteiger partial charge in [0.1, 0.15) is 10.8 Å². The molecule has 0 aliphatic heterocycles.